The molecule has 3 amide bonds. The average molecular weight is 763 g/mol. The van der Waals surface area contributed by atoms with Crippen LogP contribution in [0.3, 0.4) is 0 Å². The molecule has 1 aliphatic heterocycles. The predicted octanol–water partition coefficient (Wildman–Crippen LogP) is 4.41. The molecule has 0 aromatic heterocycles. The van der Waals surface area contributed by atoms with Crippen LogP contribution in [-0.4, -0.2) is 96.6 Å². The zero-order valence-corrected chi connectivity index (χ0v) is 33.3. The number of nitrogens with zero attached hydrogens (tertiary/aromatic N) is 1. The Morgan fingerprint density at radius 3 is 2.22 bits per heavy atom. The summed E-state index contributed by atoms with van der Waals surface area (Å²) >= 11 is 0. The molecule has 1 heterocycles. The lowest BCUT2D eigenvalue weighted by Crippen LogP contribution is -2.64. The van der Waals surface area contributed by atoms with Crippen molar-refractivity contribution in [3.63, 3.8) is 0 Å². The number of aliphatic hydroxyl groups is 1. The van der Waals surface area contributed by atoms with Crippen molar-refractivity contribution in [2.24, 2.45) is 11.8 Å². The molecule has 12 heteroatoms. The summed E-state index contributed by atoms with van der Waals surface area (Å²) in [5.41, 5.74) is 0.418. The van der Waals surface area contributed by atoms with Gasteiger partial charge in [0.15, 0.2) is 16.4 Å². The van der Waals surface area contributed by atoms with Gasteiger partial charge in [-0.25, -0.2) is 8.42 Å². The molecule has 294 valence electrons. The number of hydrogen-bond donors (Lipinski definition) is 4. The van der Waals surface area contributed by atoms with Crippen molar-refractivity contribution < 1.29 is 32.6 Å². The smallest absolute Gasteiger partial charge is 0.258 e. The van der Waals surface area contributed by atoms with Crippen LogP contribution in [0.5, 0.6) is 5.75 Å². The van der Waals surface area contributed by atoms with Crippen LogP contribution in [0.1, 0.15) is 72.3 Å². The number of benzene rings is 3. The monoisotopic (exact) mass is 762 g/mol. The van der Waals surface area contributed by atoms with E-state index in [1.807, 2.05) is 87.5 Å². The Kier molecular flexibility index (Phi) is 13.1. The molecule has 2 fully saturated rings. The number of likely N-dealkylation sites (tertiary alicyclic amines) is 1. The Balaban J connectivity index is 1.38. The van der Waals surface area contributed by atoms with Crippen LogP contribution in [0.2, 0.25) is 0 Å². The van der Waals surface area contributed by atoms with Gasteiger partial charge >= 0.3 is 0 Å². The molecule has 3 aromatic rings. The van der Waals surface area contributed by atoms with Crippen LogP contribution in [0, 0.1) is 11.8 Å². The predicted molar refractivity (Wildman–Crippen MR) is 212 cm³/mol. The highest BCUT2D eigenvalue weighted by molar-refractivity contribution is 7.92. The molecule has 1 saturated heterocycles. The van der Waals surface area contributed by atoms with Crippen LogP contribution >= 0.6 is 0 Å². The number of ether oxygens (including phenoxy) is 1. The van der Waals surface area contributed by atoms with Gasteiger partial charge in [0.25, 0.3) is 5.91 Å². The summed E-state index contributed by atoms with van der Waals surface area (Å²) in [7, 11) is -3.90. The first-order valence-corrected chi connectivity index (χ1v) is 21.0. The van der Waals surface area contributed by atoms with Gasteiger partial charge in [-0.2, -0.15) is 0 Å². The molecule has 0 spiro atoms. The maximum absolute atomic E-state index is 14.3. The molecular weight excluding hydrogens is 705 g/mol. The zero-order chi connectivity index (χ0) is 39.3. The highest BCUT2D eigenvalue weighted by Gasteiger charge is 2.46. The number of fused-ring (bicyclic) bond motifs is 2. The lowest BCUT2D eigenvalue weighted by Gasteiger charge is -2.47. The van der Waals surface area contributed by atoms with Crippen LogP contribution in [0.4, 0.5) is 0 Å². The van der Waals surface area contributed by atoms with E-state index in [1.54, 1.807) is 6.07 Å². The van der Waals surface area contributed by atoms with Crippen molar-refractivity contribution in [2.75, 3.05) is 26.0 Å². The second-order valence-corrected chi connectivity index (χ2v) is 19.4. The Morgan fingerprint density at radius 2 is 1.54 bits per heavy atom. The normalized spacial score (nSPS) is 21.3. The van der Waals surface area contributed by atoms with E-state index >= 15 is 0 Å². The number of hydrogen-bond acceptors (Lipinski definition) is 8. The first-order chi connectivity index (χ1) is 25.4. The summed E-state index contributed by atoms with van der Waals surface area (Å²) in [5.74, 6) is -0.178. The van der Waals surface area contributed by atoms with Crippen LogP contribution in [0.15, 0.2) is 72.8 Å². The SMILES string of the molecule is CC(C)(C)NC(=O)[C@@H]1CC2CCCCC2CN1C[C@@H](O)[C@H](Cc1ccccc1)NC(=O)[C@@H](NC(=O)COc1cccc2ccccc12)C(C)(C)S(C)(=O)=O. The van der Waals surface area contributed by atoms with Crippen molar-refractivity contribution in [3.8, 4) is 5.75 Å². The number of carbonyl (C=O) groups excluding carboxylic acids is 3. The maximum atomic E-state index is 14.3. The molecule has 11 nitrogen and oxygen atoms in total. The van der Waals surface area contributed by atoms with E-state index in [0.29, 0.717) is 30.6 Å². The van der Waals surface area contributed by atoms with E-state index < -0.39 is 62.8 Å². The zero-order valence-electron chi connectivity index (χ0n) is 32.5. The van der Waals surface area contributed by atoms with Gasteiger partial charge in [0.1, 0.15) is 11.8 Å². The van der Waals surface area contributed by atoms with Gasteiger partial charge in [0.05, 0.1) is 22.9 Å². The molecule has 4 N–H and O–H groups in total. The first kappa shape index (κ1) is 41.2. The average Bonchev–Trinajstić information content (AvgIpc) is 3.11. The number of carbonyl (C=O) groups is 3. The third kappa shape index (κ3) is 10.4. The molecule has 6 atom stereocenters. The van der Waals surface area contributed by atoms with Crippen LogP contribution in [-0.2, 0) is 30.6 Å². The first-order valence-electron chi connectivity index (χ1n) is 19.1. The summed E-state index contributed by atoms with van der Waals surface area (Å²) in [6, 6.07) is 19.6. The standard InChI is InChI=1S/C42H58N4O7S/c1-41(2,3)45-39(49)34-24-30-18-10-11-19-31(30)25-46(34)26-35(47)33(23-28-15-8-7-9-16-28)43-40(50)38(42(4,5)54(6,51)52)44-37(48)27-53-36-22-14-20-29-17-12-13-21-32(29)36/h7-9,12-17,20-22,30-31,33-35,38,47H,10-11,18-19,23-27H2,1-6H3,(H,43,50)(H,44,48)(H,45,49)/t30?,31?,33-,34-,35+,38+/m0/s1. The molecule has 0 radical (unpaired) electrons. The van der Waals surface area contributed by atoms with Gasteiger partial charge < -0.3 is 25.8 Å². The fourth-order valence-electron chi connectivity index (χ4n) is 7.85. The van der Waals surface area contributed by atoms with E-state index in [1.165, 1.54) is 13.8 Å². The van der Waals surface area contributed by atoms with Gasteiger partial charge in [-0.05, 0) is 82.7 Å². The van der Waals surface area contributed by atoms with E-state index in [4.69, 9.17) is 4.74 Å². The summed E-state index contributed by atoms with van der Waals surface area (Å²) < 4.78 is 30.4. The molecule has 2 unspecified atom stereocenters. The summed E-state index contributed by atoms with van der Waals surface area (Å²) in [4.78, 5) is 43.5. The number of rotatable bonds is 14. The lowest BCUT2D eigenvalue weighted by molar-refractivity contribution is -0.133. The second-order valence-electron chi connectivity index (χ2n) is 16.8. The molecule has 1 aliphatic carbocycles. The van der Waals surface area contributed by atoms with Gasteiger partial charge in [0.2, 0.25) is 11.8 Å². The van der Waals surface area contributed by atoms with Gasteiger partial charge in [-0.3, -0.25) is 19.3 Å². The molecule has 1 saturated carbocycles. The van der Waals surface area contributed by atoms with Crippen molar-refractivity contribution in [1.82, 2.24) is 20.9 Å². The third-order valence-corrected chi connectivity index (χ3v) is 13.3. The van der Waals surface area contributed by atoms with Gasteiger partial charge in [0, 0.05) is 30.3 Å². The number of nitrogens with one attached hydrogen (secondary N) is 3. The summed E-state index contributed by atoms with van der Waals surface area (Å²) in [6.07, 6.45) is 5.28. The lowest BCUT2D eigenvalue weighted by atomic mass is 9.72. The Bertz CT molecular complexity index is 1870. The van der Waals surface area contributed by atoms with Gasteiger partial charge in [-0.1, -0.05) is 86.0 Å². The molecule has 0 bridgehead atoms. The minimum atomic E-state index is -3.90. The fraction of sp³-hybridized carbons (Fsp3) is 0.548. The van der Waals surface area contributed by atoms with Crippen molar-refractivity contribution in [2.45, 2.75) is 108 Å². The Hall–Kier alpha value is -4.00. The molecule has 3 aromatic carbocycles. The van der Waals surface area contributed by atoms with E-state index in [2.05, 4.69) is 20.9 Å². The largest absolute Gasteiger partial charge is 0.483 e. The number of piperidine rings is 1. The topological polar surface area (TPSA) is 154 Å². The van der Waals surface area contributed by atoms with Crippen molar-refractivity contribution >= 4 is 38.3 Å². The fourth-order valence-corrected chi connectivity index (χ4v) is 8.44. The highest BCUT2D eigenvalue weighted by atomic mass is 32.2. The summed E-state index contributed by atoms with van der Waals surface area (Å²) in [6.45, 7) is 8.96. The number of aliphatic hydroxyl groups excluding tert-OH is 1. The maximum Gasteiger partial charge on any atom is 0.258 e. The van der Waals surface area contributed by atoms with Crippen molar-refractivity contribution in [1.29, 1.82) is 0 Å². The van der Waals surface area contributed by atoms with Crippen molar-refractivity contribution in [3.05, 3.63) is 78.4 Å². The summed E-state index contributed by atoms with van der Waals surface area (Å²) in [5, 5.41) is 22.5. The molecule has 54 heavy (non-hydrogen) atoms. The number of β-amino-alcohol motifs (C(OH)–C–C–N with tert-alkyl or cyclic N) is 1. The molecule has 2 aliphatic rings. The number of sulfone groups is 1. The van der Waals surface area contributed by atoms with E-state index in [0.717, 1.165) is 48.3 Å². The molecular formula is C42H58N4O7S. The van der Waals surface area contributed by atoms with E-state index in [9.17, 15) is 27.9 Å². The molecule has 5 rings (SSSR count). The number of amides is 3. The third-order valence-electron chi connectivity index (χ3n) is 11.1. The quantitative estimate of drug-likeness (QED) is 0.189. The van der Waals surface area contributed by atoms with Crippen LogP contribution in [0.25, 0.3) is 10.8 Å². The Morgan fingerprint density at radius 1 is 0.889 bits per heavy atom. The van der Waals surface area contributed by atoms with Gasteiger partial charge in [-0.15, -0.1) is 0 Å². The minimum Gasteiger partial charge on any atom is -0.483 e. The minimum absolute atomic E-state index is 0.0780. The Labute approximate surface area is 320 Å². The van der Waals surface area contributed by atoms with E-state index in [-0.39, 0.29) is 18.9 Å². The highest BCUT2D eigenvalue weighted by Crippen LogP contribution is 2.39. The van der Waals surface area contributed by atoms with Crippen LogP contribution < -0.4 is 20.7 Å². The second kappa shape index (κ2) is 17.2.